The molecular weight excluding hydrogens is 437 g/mol. The van der Waals surface area contributed by atoms with Crippen LogP contribution in [-0.4, -0.2) is 58.1 Å². The summed E-state index contributed by atoms with van der Waals surface area (Å²) in [6, 6.07) is 9.62. The van der Waals surface area contributed by atoms with Crippen molar-refractivity contribution in [1.29, 1.82) is 0 Å². The van der Waals surface area contributed by atoms with E-state index in [1.54, 1.807) is 25.1 Å². The lowest BCUT2D eigenvalue weighted by atomic mass is 10.1. The third kappa shape index (κ3) is 6.19. The molecule has 0 aromatic heterocycles. The summed E-state index contributed by atoms with van der Waals surface area (Å²) in [6.07, 6.45) is 0.995. The summed E-state index contributed by atoms with van der Waals surface area (Å²) in [6.45, 7) is 2.79. The number of carbonyl (C=O) groups excluding carboxylic acids is 2. The molecule has 0 aliphatic carbocycles. The van der Waals surface area contributed by atoms with E-state index in [0.717, 1.165) is 16.1 Å². The first-order chi connectivity index (χ1) is 15.0. The van der Waals surface area contributed by atoms with E-state index in [1.807, 2.05) is 0 Å². The van der Waals surface area contributed by atoms with Crippen molar-refractivity contribution in [2.45, 2.75) is 26.4 Å². The second-order valence-corrected chi connectivity index (χ2v) is 9.29. The second kappa shape index (κ2) is 10.4. The number of rotatable bonds is 9. The van der Waals surface area contributed by atoms with Gasteiger partial charge in [-0.25, -0.2) is 12.8 Å². The smallest absolute Gasteiger partial charge is 0.244 e. The molecule has 8 nitrogen and oxygen atoms in total. The number of halogens is 1. The summed E-state index contributed by atoms with van der Waals surface area (Å²) < 4.78 is 44.7. The van der Waals surface area contributed by atoms with Gasteiger partial charge >= 0.3 is 0 Å². The number of aryl methyl sites for hydroxylation is 1. The van der Waals surface area contributed by atoms with Crippen LogP contribution in [0.5, 0.6) is 5.75 Å². The van der Waals surface area contributed by atoms with E-state index < -0.39 is 40.2 Å². The number of hydrogen-bond acceptors (Lipinski definition) is 5. The predicted molar refractivity (Wildman–Crippen MR) is 120 cm³/mol. The molecule has 0 bridgehead atoms. The largest absolute Gasteiger partial charge is 0.495 e. The zero-order chi connectivity index (χ0) is 24.1. The number of sulfonamides is 1. The fraction of sp³-hybridized carbons (Fsp3) is 0.364. The van der Waals surface area contributed by atoms with Gasteiger partial charge in [0, 0.05) is 13.6 Å². The van der Waals surface area contributed by atoms with Crippen molar-refractivity contribution in [2.75, 3.05) is 31.3 Å². The molecule has 10 heteroatoms. The van der Waals surface area contributed by atoms with Crippen molar-refractivity contribution in [1.82, 2.24) is 10.2 Å². The van der Waals surface area contributed by atoms with Crippen LogP contribution in [0.15, 0.2) is 42.5 Å². The predicted octanol–water partition coefficient (Wildman–Crippen LogP) is 2.07. The summed E-state index contributed by atoms with van der Waals surface area (Å²) in [5.41, 5.74) is 1.59. The Morgan fingerprint density at radius 1 is 1.16 bits per heavy atom. The average Bonchev–Trinajstić information content (AvgIpc) is 2.75. The van der Waals surface area contributed by atoms with Crippen LogP contribution in [0.1, 0.15) is 18.1 Å². The van der Waals surface area contributed by atoms with Crippen LogP contribution in [0, 0.1) is 12.7 Å². The highest BCUT2D eigenvalue weighted by molar-refractivity contribution is 7.92. The van der Waals surface area contributed by atoms with Crippen molar-refractivity contribution < 1.29 is 27.1 Å². The number of likely N-dealkylation sites (N-methyl/N-ethyl adjacent to an activating group) is 1. The van der Waals surface area contributed by atoms with E-state index in [0.29, 0.717) is 11.3 Å². The van der Waals surface area contributed by atoms with E-state index >= 15 is 0 Å². The Bertz CT molecular complexity index is 1070. The van der Waals surface area contributed by atoms with Gasteiger partial charge in [-0.2, -0.15) is 0 Å². The third-order valence-corrected chi connectivity index (χ3v) is 6.09. The summed E-state index contributed by atoms with van der Waals surface area (Å²) in [4.78, 5) is 26.9. The zero-order valence-electron chi connectivity index (χ0n) is 18.8. The Kier molecular flexibility index (Phi) is 8.20. The highest BCUT2D eigenvalue weighted by Crippen LogP contribution is 2.31. The first-order valence-corrected chi connectivity index (χ1v) is 11.7. The fourth-order valence-corrected chi connectivity index (χ4v) is 4.01. The number of amides is 2. The van der Waals surface area contributed by atoms with Crippen LogP contribution in [-0.2, 0) is 26.2 Å². The van der Waals surface area contributed by atoms with Gasteiger partial charge in [-0.1, -0.05) is 18.2 Å². The minimum atomic E-state index is -3.87. The first kappa shape index (κ1) is 25.1. The van der Waals surface area contributed by atoms with Gasteiger partial charge in [0.25, 0.3) is 0 Å². The maximum atomic E-state index is 13.3. The molecule has 0 heterocycles. The van der Waals surface area contributed by atoms with Gasteiger partial charge in [-0.05, 0) is 49.2 Å². The van der Waals surface area contributed by atoms with Crippen molar-refractivity contribution >= 4 is 27.5 Å². The van der Waals surface area contributed by atoms with Gasteiger partial charge in [0.1, 0.15) is 24.2 Å². The van der Waals surface area contributed by atoms with E-state index in [-0.39, 0.29) is 12.2 Å². The quantitative estimate of drug-likeness (QED) is 0.612. The van der Waals surface area contributed by atoms with Crippen LogP contribution in [0.3, 0.4) is 0 Å². The van der Waals surface area contributed by atoms with E-state index in [2.05, 4.69) is 5.32 Å². The van der Waals surface area contributed by atoms with Gasteiger partial charge in [-0.15, -0.1) is 0 Å². The number of nitrogens with one attached hydrogen (secondary N) is 1. The normalized spacial score (nSPS) is 12.1. The lowest BCUT2D eigenvalue weighted by Crippen LogP contribution is -2.50. The Balaban J connectivity index is 2.44. The maximum Gasteiger partial charge on any atom is 0.244 e. The van der Waals surface area contributed by atoms with E-state index in [1.165, 1.54) is 50.2 Å². The Morgan fingerprint density at radius 3 is 2.31 bits per heavy atom. The third-order valence-electron chi connectivity index (χ3n) is 4.96. The topological polar surface area (TPSA) is 96.0 Å². The number of methoxy groups -OCH3 is 1. The molecule has 0 fully saturated rings. The molecule has 0 saturated heterocycles. The number of benzene rings is 2. The molecule has 0 spiro atoms. The van der Waals surface area contributed by atoms with Crippen molar-refractivity contribution in [2.24, 2.45) is 0 Å². The van der Waals surface area contributed by atoms with E-state index in [4.69, 9.17) is 4.74 Å². The molecule has 174 valence electrons. The van der Waals surface area contributed by atoms with Crippen molar-refractivity contribution in [3.63, 3.8) is 0 Å². The molecule has 0 aliphatic heterocycles. The second-order valence-electron chi connectivity index (χ2n) is 7.38. The summed E-state index contributed by atoms with van der Waals surface area (Å²) in [7, 11) is -1.02. The van der Waals surface area contributed by atoms with Gasteiger partial charge in [0.15, 0.2) is 0 Å². The van der Waals surface area contributed by atoms with Crippen molar-refractivity contribution in [3.8, 4) is 5.75 Å². The van der Waals surface area contributed by atoms with Crippen LogP contribution in [0.4, 0.5) is 10.1 Å². The number of hydrogen-bond donors (Lipinski definition) is 1. The van der Waals surface area contributed by atoms with Crippen molar-refractivity contribution in [3.05, 3.63) is 59.4 Å². The molecule has 1 atom stereocenters. The molecule has 0 saturated carbocycles. The lowest BCUT2D eigenvalue weighted by molar-refractivity contribution is -0.139. The van der Waals surface area contributed by atoms with Crippen LogP contribution in [0.25, 0.3) is 0 Å². The van der Waals surface area contributed by atoms with Gasteiger partial charge in [-0.3, -0.25) is 13.9 Å². The van der Waals surface area contributed by atoms with Gasteiger partial charge in [0.2, 0.25) is 21.8 Å². The molecule has 2 aromatic carbocycles. The molecule has 1 unspecified atom stereocenters. The highest BCUT2D eigenvalue weighted by Gasteiger charge is 2.30. The van der Waals surface area contributed by atoms with E-state index in [9.17, 15) is 22.4 Å². The molecular formula is C22H28FN3O5S. The monoisotopic (exact) mass is 465 g/mol. The Morgan fingerprint density at radius 2 is 1.78 bits per heavy atom. The fourth-order valence-electron chi connectivity index (χ4n) is 3.17. The van der Waals surface area contributed by atoms with Crippen LogP contribution < -0.4 is 14.4 Å². The number of carbonyl (C=O) groups is 2. The number of anilines is 1. The molecule has 32 heavy (non-hydrogen) atoms. The number of ether oxygens (including phenoxy) is 1. The van der Waals surface area contributed by atoms with Gasteiger partial charge in [0.05, 0.1) is 19.1 Å². The first-order valence-electron chi connectivity index (χ1n) is 9.85. The molecule has 0 radical (unpaired) electrons. The summed E-state index contributed by atoms with van der Waals surface area (Å²) >= 11 is 0. The Labute approximate surface area is 188 Å². The highest BCUT2D eigenvalue weighted by atomic mass is 32.2. The maximum absolute atomic E-state index is 13.3. The summed E-state index contributed by atoms with van der Waals surface area (Å²) in [5.74, 6) is -1.15. The minimum Gasteiger partial charge on any atom is -0.495 e. The SMILES string of the molecule is CNC(=O)C(C)N(Cc1ccc(F)cc1)C(=O)CN(c1cc(C)ccc1OC)S(C)(=O)=O. The summed E-state index contributed by atoms with van der Waals surface area (Å²) in [5, 5.41) is 2.49. The molecule has 2 rings (SSSR count). The Hall–Kier alpha value is -3.14. The van der Waals surface area contributed by atoms with Crippen LogP contribution in [0.2, 0.25) is 0 Å². The average molecular weight is 466 g/mol. The van der Waals surface area contributed by atoms with Crippen LogP contribution >= 0.6 is 0 Å². The molecule has 1 N–H and O–H groups in total. The molecule has 0 aliphatic rings. The molecule has 2 aromatic rings. The molecule has 2 amide bonds. The van der Waals surface area contributed by atoms with Gasteiger partial charge < -0.3 is 15.0 Å². The standard InChI is InChI=1S/C22H28FN3O5S/c1-15-6-11-20(31-4)19(12-15)26(32(5,29)30)14-21(27)25(16(2)22(28)24-3)13-17-7-9-18(23)10-8-17/h6-12,16H,13-14H2,1-5H3,(H,24,28). The minimum absolute atomic E-state index is 0.00372. The zero-order valence-corrected chi connectivity index (χ0v) is 19.6. The lowest BCUT2D eigenvalue weighted by Gasteiger charge is -2.31. The number of nitrogens with zero attached hydrogens (tertiary/aromatic N) is 2.